The van der Waals surface area contributed by atoms with Crippen molar-refractivity contribution in [2.24, 2.45) is 0 Å². The number of rotatable bonds is 4. The van der Waals surface area contributed by atoms with Crippen LogP contribution in [0.25, 0.3) is 0 Å². The molecule has 0 heterocycles. The van der Waals surface area contributed by atoms with Gasteiger partial charge in [-0.15, -0.1) is 6.58 Å². The smallest absolute Gasteiger partial charge is 0.121 e. The summed E-state index contributed by atoms with van der Waals surface area (Å²) in [5.74, 6) is 0.792. The van der Waals surface area contributed by atoms with Gasteiger partial charge in [-0.2, -0.15) is 0 Å². The Morgan fingerprint density at radius 2 is 2.38 bits per heavy atom. The van der Waals surface area contributed by atoms with Crippen molar-refractivity contribution in [3.63, 3.8) is 0 Å². The number of nitrogen functional groups attached to an aromatic ring is 1. The molecule has 0 aromatic heterocycles. The minimum Gasteiger partial charge on any atom is -0.497 e. The number of nitrogens with one attached hydrogen (secondary N) is 1. The van der Waals surface area contributed by atoms with E-state index >= 15 is 0 Å². The Morgan fingerprint density at radius 1 is 1.62 bits per heavy atom. The third-order valence-corrected chi connectivity index (χ3v) is 1.70. The third-order valence-electron chi connectivity index (χ3n) is 1.70. The van der Waals surface area contributed by atoms with Crippen LogP contribution in [-0.2, 0) is 0 Å². The van der Waals surface area contributed by atoms with Crippen LogP contribution in [0.5, 0.6) is 5.75 Å². The number of anilines is 2. The average molecular weight is 178 g/mol. The van der Waals surface area contributed by atoms with Crippen molar-refractivity contribution in [3.8, 4) is 5.75 Å². The Kier molecular flexibility index (Phi) is 3.20. The molecule has 0 saturated carbocycles. The van der Waals surface area contributed by atoms with Gasteiger partial charge >= 0.3 is 0 Å². The fraction of sp³-hybridized carbons (Fsp3) is 0.200. The van der Waals surface area contributed by atoms with E-state index in [1.807, 2.05) is 18.2 Å². The van der Waals surface area contributed by atoms with Crippen molar-refractivity contribution >= 4 is 11.4 Å². The van der Waals surface area contributed by atoms with E-state index in [-0.39, 0.29) is 0 Å². The molecule has 0 aliphatic rings. The molecule has 0 amide bonds. The van der Waals surface area contributed by atoms with Gasteiger partial charge in [0.15, 0.2) is 0 Å². The maximum absolute atomic E-state index is 5.73. The number of benzene rings is 1. The Balaban J connectivity index is 2.83. The summed E-state index contributed by atoms with van der Waals surface area (Å²) >= 11 is 0. The molecule has 13 heavy (non-hydrogen) atoms. The highest BCUT2D eigenvalue weighted by Crippen LogP contribution is 2.23. The van der Waals surface area contributed by atoms with Gasteiger partial charge in [0.2, 0.25) is 0 Å². The Morgan fingerprint density at radius 3 is 3.00 bits per heavy atom. The van der Waals surface area contributed by atoms with Gasteiger partial charge < -0.3 is 15.8 Å². The van der Waals surface area contributed by atoms with Crippen LogP contribution in [-0.4, -0.2) is 13.7 Å². The molecule has 0 bridgehead atoms. The Labute approximate surface area is 78.2 Å². The molecule has 3 nitrogen and oxygen atoms in total. The first kappa shape index (κ1) is 9.45. The quantitative estimate of drug-likeness (QED) is 0.546. The molecule has 0 unspecified atom stereocenters. The van der Waals surface area contributed by atoms with E-state index < -0.39 is 0 Å². The van der Waals surface area contributed by atoms with Crippen LogP contribution in [0.2, 0.25) is 0 Å². The molecular weight excluding hydrogens is 164 g/mol. The van der Waals surface area contributed by atoms with Gasteiger partial charge in [0, 0.05) is 12.6 Å². The lowest BCUT2D eigenvalue weighted by molar-refractivity contribution is 0.415. The van der Waals surface area contributed by atoms with Gasteiger partial charge in [0.25, 0.3) is 0 Å². The summed E-state index contributed by atoms with van der Waals surface area (Å²) < 4.78 is 5.07. The van der Waals surface area contributed by atoms with E-state index in [0.717, 1.165) is 11.4 Å². The second kappa shape index (κ2) is 4.40. The van der Waals surface area contributed by atoms with Crippen LogP contribution < -0.4 is 15.8 Å². The molecule has 0 atom stereocenters. The van der Waals surface area contributed by atoms with Crippen LogP contribution in [0, 0.1) is 0 Å². The van der Waals surface area contributed by atoms with Crippen LogP contribution in [0.1, 0.15) is 0 Å². The summed E-state index contributed by atoms with van der Waals surface area (Å²) in [6.45, 7) is 4.31. The highest BCUT2D eigenvalue weighted by Gasteiger charge is 1.98. The standard InChI is InChI=1S/C10H14N2O/c1-3-6-12-10-7-8(13-2)4-5-9(10)11/h3-5,7,12H,1,6,11H2,2H3. The lowest BCUT2D eigenvalue weighted by Gasteiger charge is -2.08. The maximum atomic E-state index is 5.73. The zero-order valence-corrected chi connectivity index (χ0v) is 7.71. The number of ether oxygens (including phenoxy) is 1. The Hall–Kier alpha value is -1.64. The predicted molar refractivity (Wildman–Crippen MR) is 56.1 cm³/mol. The van der Waals surface area contributed by atoms with Gasteiger partial charge in [0.1, 0.15) is 5.75 Å². The molecule has 1 aromatic rings. The van der Waals surface area contributed by atoms with Gasteiger partial charge in [-0.1, -0.05) is 6.08 Å². The van der Waals surface area contributed by atoms with E-state index in [1.165, 1.54) is 0 Å². The van der Waals surface area contributed by atoms with Crippen LogP contribution in [0.15, 0.2) is 30.9 Å². The summed E-state index contributed by atoms with van der Waals surface area (Å²) in [5, 5.41) is 3.11. The molecule has 0 fully saturated rings. The zero-order valence-electron chi connectivity index (χ0n) is 7.71. The molecule has 3 N–H and O–H groups in total. The molecule has 70 valence electrons. The van der Waals surface area contributed by atoms with Gasteiger partial charge in [0.05, 0.1) is 18.5 Å². The lowest BCUT2D eigenvalue weighted by Crippen LogP contribution is -2.01. The van der Waals surface area contributed by atoms with Gasteiger partial charge in [-0.3, -0.25) is 0 Å². The fourth-order valence-corrected chi connectivity index (χ4v) is 0.998. The third kappa shape index (κ3) is 2.40. The van der Waals surface area contributed by atoms with Crippen molar-refractivity contribution in [2.75, 3.05) is 24.7 Å². The maximum Gasteiger partial charge on any atom is 0.121 e. The minimum atomic E-state index is 0.692. The molecule has 0 spiro atoms. The van der Waals surface area contributed by atoms with Crippen molar-refractivity contribution in [2.45, 2.75) is 0 Å². The van der Waals surface area contributed by atoms with E-state index in [4.69, 9.17) is 10.5 Å². The highest BCUT2D eigenvalue weighted by atomic mass is 16.5. The van der Waals surface area contributed by atoms with Crippen LogP contribution >= 0.6 is 0 Å². The van der Waals surface area contributed by atoms with E-state index in [2.05, 4.69) is 11.9 Å². The van der Waals surface area contributed by atoms with Gasteiger partial charge in [-0.25, -0.2) is 0 Å². The molecule has 0 aliphatic carbocycles. The molecule has 0 saturated heterocycles. The molecular formula is C10H14N2O. The van der Waals surface area contributed by atoms with E-state index in [9.17, 15) is 0 Å². The summed E-state index contributed by atoms with van der Waals surface area (Å²) in [6.07, 6.45) is 1.78. The van der Waals surface area contributed by atoms with E-state index in [1.54, 1.807) is 13.2 Å². The van der Waals surface area contributed by atoms with E-state index in [0.29, 0.717) is 12.2 Å². The normalized spacial score (nSPS) is 9.31. The summed E-state index contributed by atoms with van der Waals surface area (Å²) in [4.78, 5) is 0. The second-order valence-corrected chi connectivity index (χ2v) is 2.62. The first-order valence-corrected chi connectivity index (χ1v) is 4.06. The molecule has 1 rings (SSSR count). The van der Waals surface area contributed by atoms with Gasteiger partial charge in [-0.05, 0) is 12.1 Å². The minimum absolute atomic E-state index is 0.692. The van der Waals surface area contributed by atoms with Crippen LogP contribution in [0.4, 0.5) is 11.4 Å². The summed E-state index contributed by atoms with van der Waals surface area (Å²) in [5.41, 5.74) is 7.32. The van der Waals surface area contributed by atoms with Crippen molar-refractivity contribution < 1.29 is 4.74 Å². The SMILES string of the molecule is C=CCNc1cc(OC)ccc1N. The highest BCUT2D eigenvalue weighted by molar-refractivity contribution is 5.68. The van der Waals surface area contributed by atoms with Crippen molar-refractivity contribution in [1.82, 2.24) is 0 Å². The van der Waals surface area contributed by atoms with Crippen LogP contribution in [0.3, 0.4) is 0 Å². The molecule has 0 radical (unpaired) electrons. The van der Waals surface area contributed by atoms with Crippen molar-refractivity contribution in [1.29, 1.82) is 0 Å². The molecule has 0 aliphatic heterocycles. The number of nitrogens with two attached hydrogens (primary N) is 1. The predicted octanol–water partition coefficient (Wildman–Crippen LogP) is 1.88. The first-order valence-electron chi connectivity index (χ1n) is 4.06. The monoisotopic (exact) mass is 178 g/mol. The fourth-order valence-electron chi connectivity index (χ4n) is 0.998. The summed E-state index contributed by atoms with van der Waals surface area (Å²) in [7, 11) is 1.63. The molecule has 1 aromatic carbocycles. The largest absolute Gasteiger partial charge is 0.497 e. The number of methoxy groups -OCH3 is 1. The Bertz CT molecular complexity index is 297. The average Bonchev–Trinajstić information content (AvgIpc) is 2.17. The second-order valence-electron chi connectivity index (χ2n) is 2.62. The lowest BCUT2D eigenvalue weighted by atomic mass is 10.2. The number of hydrogen-bond donors (Lipinski definition) is 2. The summed E-state index contributed by atoms with van der Waals surface area (Å²) in [6, 6.07) is 5.50. The first-order chi connectivity index (χ1) is 6.27. The zero-order chi connectivity index (χ0) is 9.68. The number of hydrogen-bond acceptors (Lipinski definition) is 3. The topological polar surface area (TPSA) is 47.3 Å². The molecule has 3 heteroatoms. The van der Waals surface area contributed by atoms with Crippen molar-refractivity contribution in [3.05, 3.63) is 30.9 Å².